The number of nitrogens with one attached hydrogen (secondary N) is 2. The molecule has 0 unspecified atom stereocenters. The van der Waals surface area contributed by atoms with Crippen LogP contribution < -0.4 is 15.4 Å². The number of anilines is 1. The van der Waals surface area contributed by atoms with Crippen molar-refractivity contribution in [3.05, 3.63) is 46.3 Å². The first kappa shape index (κ1) is 22.2. The Labute approximate surface area is 186 Å². The van der Waals surface area contributed by atoms with Gasteiger partial charge < -0.3 is 20.1 Å². The molecule has 1 aromatic carbocycles. The molecule has 1 amide bonds. The Morgan fingerprint density at radius 1 is 1.17 bits per heavy atom. The van der Waals surface area contributed by atoms with Gasteiger partial charge in [-0.25, -0.2) is 4.79 Å². The molecule has 1 aromatic heterocycles. The molecule has 0 saturated heterocycles. The number of thiophene rings is 1. The van der Waals surface area contributed by atoms with E-state index in [9.17, 15) is 9.59 Å². The Kier molecular flexibility index (Phi) is 8.21. The van der Waals surface area contributed by atoms with Crippen LogP contribution in [0.25, 0.3) is 0 Å². The van der Waals surface area contributed by atoms with Crippen LogP contribution in [0.5, 0.6) is 5.75 Å². The fraction of sp³-hybridized carbons (Fsp3) is 0.409. The molecule has 3 rings (SSSR count). The summed E-state index contributed by atoms with van der Waals surface area (Å²) in [6, 6.07) is 9.48. The summed E-state index contributed by atoms with van der Waals surface area (Å²) in [5.74, 6) is 0.248. The second kappa shape index (κ2) is 11.1. The van der Waals surface area contributed by atoms with Gasteiger partial charge in [-0.15, -0.1) is 11.3 Å². The second-order valence-corrected chi connectivity index (χ2v) is 8.42. The highest BCUT2D eigenvalue weighted by atomic mass is 32.1. The lowest BCUT2D eigenvalue weighted by atomic mass is 9.95. The topological polar surface area (TPSA) is 76.7 Å². The fourth-order valence-corrected chi connectivity index (χ4v) is 4.90. The molecule has 0 spiro atoms. The fourth-order valence-electron chi connectivity index (χ4n) is 3.34. The Bertz CT molecular complexity index is 896. The van der Waals surface area contributed by atoms with Crippen LogP contribution in [0.3, 0.4) is 0 Å². The van der Waals surface area contributed by atoms with E-state index >= 15 is 0 Å². The molecule has 160 valence electrons. The van der Waals surface area contributed by atoms with Crippen molar-refractivity contribution in [2.45, 2.75) is 45.4 Å². The lowest BCUT2D eigenvalue weighted by molar-refractivity contribution is -0.119. The number of esters is 1. The second-order valence-electron chi connectivity index (χ2n) is 6.90. The van der Waals surface area contributed by atoms with Crippen LogP contribution in [0.2, 0.25) is 0 Å². The van der Waals surface area contributed by atoms with Crippen molar-refractivity contribution >= 4 is 45.5 Å². The van der Waals surface area contributed by atoms with Crippen molar-refractivity contribution in [1.29, 1.82) is 0 Å². The minimum Gasteiger partial charge on any atom is -0.494 e. The lowest BCUT2D eigenvalue weighted by Gasteiger charge is -2.13. The summed E-state index contributed by atoms with van der Waals surface area (Å²) >= 11 is 6.82. The van der Waals surface area contributed by atoms with Crippen LogP contribution in [-0.2, 0) is 22.4 Å². The van der Waals surface area contributed by atoms with E-state index in [-0.39, 0.29) is 17.0 Å². The van der Waals surface area contributed by atoms with Gasteiger partial charge in [-0.2, -0.15) is 0 Å². The maximum atomic E-state index is 12.5. The summed E-state index contributed by atoms with van der Waals surface area (Å²) in [6.45, 7) is 2.55. The molecule has 30 heavy (non-hydrogen) atoms. The van der Waals surface area contributed by atoms with E-state index < -0.39 is 0 Å². The maximum absolute atomic E-state index is 12.5. The van der Waals surface area contributed by atoms with E-state index in [1.807, 2.05) is 30.3 Å². The lowest BCUT2D eigenvalue weighted by Crippen LogP contribution is -2.34. The molecule has 0 bridgehead atoms. The molecule has 2 N–H and O–H groups in total. The molecule has 0 saturated carbocycles. The van der Waals surface area contributed by atoms with Crippen LogP contribution in [0.4, 0.5) is 5.00 Å². The van der Waals surface area contributed by atoms with E-state index in [4.69, 9.17) is 21.7 Å². The number of para-hydroxylation sites is 1. The zero-order valence-corrected chi connectivity index (χ0v) is 18.6. The van der Waals surface area contributed by atoms with Crippen LogP contribution >= 0.6 is 23.6 Å². The number of carbonyl (C=O) groups excluding carboxylic acids is 2. The van der Waals surface area contributed by atoms with Crippen LogP contribution in [0, 0.1) is 0 Å². The number of thiocarbonyl (C=S) groups is 1. The molecule has 0 aliphatic heterocycles. The molecular weight excluding hydrogens is 420 g/mol. The van der Waals surface area contributed by atoms with E-state index in [1.54, 1.807) is 6.92 Å². The number of fused-ring (bicyclic) bond motifs is 1. The molecule has 1 aliphatic carbocycles. The molecule has 0 radical (unpaired) electrons. The van der Waals surface area contributed by atoms with Gasteiger partial charge in [0.1, 0.15) is 10.8 Å². The smallest absolute Gasteiger partial charge is 0.341 e. The third-order valence-electron chi connectivity index (χ3n) is 4.69. The summed E-state index contributed by atoms with van der Waals surface area (Å²) < 4.78 is 10.8. The first-order chi connectivity index (χ1) is 14.6. The summed E-state index contributed by atoms with van der Waals surface area (Å²) in [4.78, 5) is 25.9. The van der Waals surface area contributed by atoms with Crippen LogP contribution in [-0.4, -0.2) is 30.2 Å². The maximum Gasteiger partial charge on any atom is 0.341 e. The summed E-state index contributed by atoms with van der Waals surface area (Å²) in [7, 11) is 0. The van der Waals surface area contributed by atoms with Crippen molar-refractivity contribution in [1.82, 2.24) is 5.32 Å². The molecule has 8 heteroatoms. The molecule has 0 fully saturated rings. The van der Waals surface area contributed by atoms with Gasteiger partial charge in [0.2, 0.25) is 5.91 Å². The first-order valence-electron chi connectivity index (χ1n) is 10.2. The third-order valence-corrected chi connectivity index (χ3v) is 6.10. The molecule has 1 heterocycles. The van der Waals surface area contributed by atoms with Crippen LogP contribution in [0.1, 0.15) is 53.4 Å². The Morgan fingerprint density at radius 2 is 1.93 bits per heavy atom. The number of hydrogen-bond donors (Lipinski definition) is 2. The SMILES string of the molecule is CCOC(=O)c1c(NC(=S)NC(=O)CCCOc2ccccc2)sc2c1CCCC2. The summed E-state index contributed by atoms with van der Waals surface area (Å²) in [6.07, 6.45) is 4.85. The van der Waals surface area contributed by atoms with Gasteiger partial charge in [-0.3, -0.25) is 4.79 Å². The van der Waals surface area contributed by atoms with E-state index in [1.165, 1.54) is 16.2 Å². The van der Waals surface area contributed by atoms with E-state index in [0.717, 1.165) is 37.0 Å². The van der Waals surface area contributed by atoms with Gasteiger partial charge in [-0.1, -0.05) is 18.2 Å². The predicted octanol–water partition coefficient (Wildman–Crippen LogP) is 4.48. The standard InChI is InChI=1S/C22H26N2O4S2/c1-2-27-21(26)19-16-11-6-7-12-17(16)30-20(19)24-22(29)23-18(25)13-8-14-28-15-9-4-3-5-10-15/h3-5,9-10H,2,6-8,11-14H2,1H3,(H2,23,24,25,29). The molecule has 2 aromatic rings. The highest BCUT2D eigenvalue weighted by Gasteiger charge is 2.26. The highest BCUT2D eigenvalue weighted by molar-refractivity contribution is 7.80. The van der Waals surface area contributed by atoms with Crippen LogP contribution in [0.15, 0.2) is 30.3 Å². The van der Waals surface area contributed by atoms with Gasteiger partial charge in [0.15, 0.2) is 5.11 Å². The first-order valence-corrected chi connectivity index (χ1v) is 11.4. The zero-order valence-electron chi connectivity index (χ0n) is 17.0. The normalized spacial score (nSPS) is 12.6. The average molecular weight is 447 g/mol. The number of amides is 1. The number of ether oxygens (including phenoxy) is 2. The predicted molar refractivity (Wildman–Crippen MR) is 122 cm³/mol. The molecule has 1 aliphatic rings. The van der Waals surface area contributed by atoms with Gasteiger partial charge in [0.25, 0.3) is 0 Å². The quantitative estimate of drug-likeness (QED) is 0.354. The molecule has 0 atom stereocenters. The number of rotatable bonds is 8. The Morgan fingerprint density at radius 3 is 2.70 bits per heavy atom. The minimum absolute atomic E-state index is 0.188. The number of aryl methyl sites for hydroxylation is 1. The molecule has 6 nitrogen and oxygen atoms in total. The monoisotopic (exact) mass is 446 g/mol. The van der Waals surface area contributed by atoms with E-state index in [2.05, 4.69) is 10.6 Å². The van der Waals surface area contributed by atoms with Crippen molar-refractivity contribution in [3.8, 4) is 5.75 Å². The molecular formula is C22H26N2O4S2. The number of benzene rings is 1. The van der Waals surface area contributed by atoms with Crippen molar-refractivity contribution in [3.63, 3.8) is 0 Å². The number of carbonyl (C=O) groups is 2. The summed E-state index contributed by atoms with van der Waals surface area (Å²) in [5, 5.41) is 6.57. The van der Waals surface area contributed by atoms with Gasteiger partial charge in [-0.05, 0) is 68.9 Å². The average Bonchev–Trinajstić information content (AvgIpc) is 3.09. The van der Waals surface area contributed by atoms with Gasteiger partial charge in [0.05, 0.1) is 18.8 Å². The van der Waals surface area contributed by atoms with Crippen molar-refractivity contribution < 1.29 is 19.1 Å². The van der Waals surface area contributed by atoms with Gasteiger partial charge >= 0.3 is 5.97 Å². The minimum atomic E-state index is -0.341. The van der Waals surface area contributed by atoms with Crippen molar-refractivity contribution in [2.24, 2.45) is 0 Å². The number of hydrogen-bond acceptors (Lipinski definition) is 6. The largest absolute Gasteiger partial charge is 0.494 e. The zero-order chi connectivity index (χ0) is 21.3. The van der Waals surface area contributed by atoms with Crippen molar-refractivity contribution in [2.75, 3.05) is 18.5 Å². The Balaban J connectivity index is 1.52. The van der Waals surface area contributed by atoms with Gasteiger partial charge in [0, 0.05) is 11.3 Å². The summed E-state index contributed by atoms with van der Waals surface area (Å²) in [5.41, 5.74) is 1.61. The highest BCUT2D eigenvalue weighted by Crippen LogP contribution is 2.38. The Hall–Kier alpha value is -2.45. The third kappa shape index (κ3) is 6.03. The van der Waals surface area contributed by atoms with E-state index in [0.29, 0.717) is 36.6 Å².